The number of Topliss-reactive ketones (excluding diaryl/α,β-unsaturated/α-hetero) is 1. The Hall–Kier alpha value is -3.48. The van der Waals surface area contributed by atoms with Gasteiger partial charge in [-0.1, -0.05) is 0 Å². The fraction of sp³-hybridized carbons (Fsp3) is 0.190. The first-order valence-electron chi connectivity index (χ1n) is 8.51. The van der Waals surface area contributed by atoms with E-state index in [-0.39, 0.29) is 25.2 Å². The number of carbonyl (C=O) groups is 2. The number of rotatable bonds is 7. The van der Waals surface area contributed by atoms with Crippen LogP contribution in [0, 0.1) is 5.82 Å². The highest BCUT2D eigenvalue weighted by Gasteiger charge is 2.13. The van der Waals surface area contributed by atoms with Crippen LogP contribution in [0.2, 0.25) is 0 Å². The van der Waals surface area contributed by atoms with E-state index in [0.717, 1.165) is 0 Å². The third-order valence-corrected chi connectivity index (χ3v) is 4.15. The molecule has 0 amide bonds. The summed E-state index contributed by atoms with van der Waals surface area (Å²) in [6.45, 7) is -0.127. The minimum Gasteiger partial charge on any atom is -0.497 e. The Bertz CT molecular complexity index is 1070. The third kappa shape index (κ3) is 4.62. The van der Waals surface area contributed by atoms with E-state index in [1.54, 1.807) is 18.2 Å². The second-order valence-corrected chi connectivity index (χ2v) is 6.04. The van der Waals surface area contributed by atoms with Crippen LogP contribution >= 0.6 is 0 Å². The second-order valence-electron chi connectivity index (χ2n) is 6.04. The third-order valence-electron chi connectivity index (χ3n) is 4.15. The van der Waals surface area contributed by atoms with Crippen LogP contribution in [0.15, 0.2) is 57.7 Å². The zero-order valence-electron chi connectivity index (χ0n) is 15.1. The summed E-state index contributed by atoms with van der Waals surface area (Å²) >= 11 is 0. The SMILES string of the molecule is COc1ccc2c(COC(=O)CCC(=O)c3ccc(F)cc3)cc(=O)oc2c1. The number of esters is 1. The van der Waals surface area contributed by atoms with Crippen molar-refractivity contribution >= 4 is 22.7 Å². The molecule has 144 valence electrons. The van der Waals surface area contributed by atoms with Gasteiger partial charge in [0, 0.05) is 35.1 Å². The van der Waals surface area contributed by atoms with E-state index in [9.17, 15) is 18.8 Å². The van der Waals surface area contributed by atoms with Crippen molar-refractivity contribution in [3.63, 3.8) is 0 Å². The highest BCUT2D eigenvalue weighted by atomic mass is 19.1. The maximum absolute atomic E-state index is 12.9. The molecule has 7 heteroatoms. The van der Waals surface area contributed by atoms with Crippen LogP contribution in [0.25, 0.3) is 11.0 Å². The van der Waals surface area contributed by atoms with Crippen LogP contribution in [0.5, 0.6) is 5.75 Å². The van der Waals surface area contributed by atoms with E-state index in [1.807, 2.05) is 0 Å². The van der Waals surface area contributed by atoms with Crippen molar-refractivity contribution in [2.24, 2.45) is 0 Å². The summed E-state index contributed by atoms with van der Waals surface area (Å²) in [7, 11) is 1.50. The minimum absolute atomic E-state index is 0.0562. The van der Waals surface area contributed by atoms with Crippen molar-refractivity contribution in [2.45, 2.75) is 19.4 Å². The maximum atomic E-state index is 12.9. The van der Waals surface area contributed by atoms with Crippen LogP contribution in [-0.2, 0) is 16.1 Å². The molecule has 6 nitrogen and oxygen atoms in total. The van der Waals surface area contributed by atoms with Crippen LogP contribution in [-0.4, -0.2) is 18.9 Å². The number of ketones is 1. The second kappa shape index (κ2) is 8.47. The summed E-state index contributed by atoms with van der Waals surface area (Å²) in [4.78, 5) is 35.7. The number of fused-ring (bicyclic) bond motifs is 1. The molecule has 0 spiro atoms. The van der Waals surface area contributed by atoms with Crippen molar-refractivity contribution in [3.8, 4) is 5.75 Å². The topological polar surface area (TPSA) is 82.8 Å². The van der Waals surface area contributed by atoms with Gasteiger partial charge in [0.05, 0.1) is 13.5 Å². The number of hydrogen-bond donors (Lipinski definition) is 0. The lowest BCUT2D eigenvalue weighted by Gasteiger charge is -2.08. The van der Waals surface area contributed by atoms with Crippen LogP contribution < -0.4 is 10.4 Å². The molecule has 0 N–H and O–H groups in total. The van der Waals surface area contributed by atoms with Gasteiger partial charge < -0.3 is 13.9 Å². The highest BCUT2D eigenvalue weighted by Crippen LogP contribution is 2.23. The molecule has 0 aliphatic carbocycles. The summed E-state index contributed by atoms with van der Waals surface area (Å²) < 4.78 is 28.3. The molecular formula is C21H17FO6. The average molecular weight is 384 g/mol. The lowest BCUT2D eigenvalue weighted by Crippen LogP contribution is -2.10. The molecule has 2 aromatic carbocycles. The predicted octanol–water partition coefficient (Wildman–Crippen LogP) is 3.65. The number of methoxy groups -OCH3 is 1. The average Bonchev–Trinajstić information content (AvgIpc) is 2.70. The Balaban J connectivity index is 1.62. The van der Waals surface area contributed by atoms with Crippen LogP contribution in [0.3, 0.4) is 0 Å². The zero-order chi connectivity index (χ0) is 20.1. The van der Waals surface area contributed by atoms with Crippen molar-refractivity contribution in [1.82, 2.24) is 0 Å². The molecule has 0 atom stereocenters. The van der Waals surface area contributed by atoms with Gasteiger partial charge in [0.2, 0.25) is 0 Å². The molecule has 0 radical (unpaired) electrons. The van der Waals surface area contributed by atoms with Gasteiger partial charge in [0.25, 0.3) is 0 Å². The van der Waals surface area contributed by atoms with Gasteiger partial charge in [-0.15, -0.1) is 0 Å². The van der Waals surface area contributed by atoms with Gasteiger partial charge in [-0.25, -0.2) is 9.18 Å². The smallest absolute Gasteiger partial charge is 0.336 e. The van der Waals surface area contributed by atoms with E-state index in [4.69, 9.17) is 13.9 Å². The first-order valence-corrected chi connectivity index (χ1v) is 8.51. The van der Waals surface area contributed by atoms with Gasteiger partial charge in [0.1, 0.15) is 23.8 Å². The Morgan fingerprint density at radius 3 is 2.50 bits per heavy atom. The van der Waals surface area contributed by atoms with Gasteiger partial charge in [0.15, 0.2) is 5.78 Å². The summed E-state index contributed by atoms with van der Waals surface area (Å²) in [6, 6.07) is 11.3. The quantitative estimate of drug-likeness (QED) is 0.351. The molecule has 1 heterocycles. The van der Waals surface area contributed by atoms with Gasteiger partial charge in [-0.2, -0.15) is 0 Å². The van der Waals surface area contributed by atoms with E-state index in [1.165, 1.54) is 37.4 Å². The maximum Gasteiger partial charge on any atom is 0.336 e. The molecule has 3 aromatic rings. The lowest BCUT2D eigenvalue weighted by atomic mass is 10.1. The van der Waals surface area contributed by atoms with Gasteiger partial charge in [-0.3, -0.25) is 9.59 Å². The van der Waals surface area contributed by atoms with E-state index >= 15 is 0 Å². The fourth-order valence-electron chi connectivity index (χ4n) is 2.68. The molecule has 28 heavy (non-hydrogen) atoms. The molecule has 0 aliphatic heterocycles. The Morgan fingerprint density at radius 1 is 1.04 bits per heavy atom. The van der Waals surface area contributed by atoms with Crippen LogP contribution in [0.1, 0.15) is 28.8 Å². The van der Waals surface area contributed by atoms with E-state index < -0.39 is 17.4 Å². The summed E-state index contributed by atoms with van der Waals surface area (Å²) in [6.07, 6.45) is -0.178. The molecule has 3 rings (SSSR count). The summed E-state index contributed by atoms with van der Waals surface area (Å²) in [5, 5.41) is 0.621. The molecular weight excluding hydrogens is 367 g/mol. The van der Waals surface area contributed by atoms with Crippen molar-refractivity contribution in [1.29, 1.82) is 0 Å². The first kappa shape index (κ1) is 19.3. The minimum atomic E-state index is -0.578. The van der Waals surface area contributed by atoms with E-state index in [0.29, 0.717) is 27.8 Å². The number of benzene rings is 2. The van der Waals surface area contributed by atoms with Gasteiger partial charge in [-0.05, 0) is 36.4 Å². The Kier molecular flexibility index (Phi) is 5.84. The van der Waals surface area contributed by atoms with Crippen molar-refractivity contribution < 1.29 is 27.9 Å². The Morgan fingerprint density at radius 2 is 1.79 bits per heavy atom. The standard InChI is InChI=1S/C21H17FO6/c1-26-16-6-7-17-14(10-21(25)28-19(17)11-16)12-27-20(24)9-8-18(23)13-2-4-15(22)5-3-13/h2-7,10-11H,8-9,12H2,1H3. The molecule has 0 unspecified atom stereocenters. The monoisotopic (exact) mass is 384 g/mol. The number of ether oxygens (including phenoxy) is 2. The van der Waals surface area contributed by atoms with Crippen molar-refractivity contribution in [3.05, 3.63) is 75.9 Å². The molecule has 0 saturated heterocycles. The number of halogens is 1. The van der Waals surface area contributed by atoms with Crippen LogP contribution in [0.4, 0.5) is 4.39 Å². The highest BCUT2D eigenvalue weighted by molar-refractivity contribution is 5.97. The fourth-order valence-corrected chi connectivity index (χ4v) is 2.68. The lowest BCUT2D eigenvalue weighted by molar-refractivity contribution is -0.144. The first-order chi connectivity index (χ1) is 13.5. The number of hydrogen-bond acceptors (Lipinski definition) is 6. The molecule has 0 fully saturated rings. The summed E-state index contributed by atoms with van der Waals surface area (Å²) in [5.74, 6) is -0.766. The Labute approximate surface area is 159 Å². The molecule has 0 saturated carbocycles. The predicted molar refractivity (Wildman–Crippen MR) is 98.8 cm³/mol. The summed E-state index contributed by atoms with van der Waals surface area (Å²) in [5.41, 5.74) is 0.574. The largest absolute Gasteiger partial charge is 0.497 e. The molecule has 1 aromatic heterocycles. The molecule has 0 bridgehead atoms. The molecule has 0 aliphatic rings. The normalized spacial score (nSPS) is 10.6. The van der Waals surface area contributed by atoms with E-state index in [2.05, 4.69) is 0 Å². The van der Waals surface area contributed by atoms with Crippen molar-refractivity contribution in [2.75, 3.05) is 7.11 Å². The zero-order valence-corrected chi connectivity index (χ0v) is 15.1. The van der Waals surface area contributed by atoms with Gasteiger partial charge >= 0.3 is 11.6 Å². The number of carbonyl (C=O) groups excluding carboxylic acids is 2.